The van der Waals surface area contributed by atoms with Crippen molar-refractivity contribution in [3.8, 4) is 0 Å². The van der Waals surface area contributed by atoms with Gasteiger partial charge in [-0.1, -0.05) is 36.4 Å². The Labute approximate surface area is 227 Å². The molecule has 2 aromatic rings. The maximum absolute atomic E-state index is 13.8. The van der Waals surface area contributed by atoms with Crippen molar-refractivity contribution in [2.24, 2.45) is 5.92 Å². The standard InChI is InChI=1S/C29H36N4O4S/c1-29(2)25(27(36)31-16-19-11-12-19)33(17-38-29)28(37)24(34)23(15-18-7-4-3-5-8-18)32-26(35)21-9-6-10-22-20(21)13-14-30-22/h3-10,19,23-25,30,34H,11-17H2,1-2H3,(H,31,36)(H,32,35)/t23-,24-,25+/m0/s1. The van der Waals surface area contributed by atoms with Gasteiger partial charge < -0.3 is 26.0 Å². The second kappa shape index (κ2) is 11.0. The summed E-state index contributed by atoms with van der Waals surface area (Å²) in [7, 11) is 0. The smallest absolute Gasteiger partial charge is 0.254 e. The van der Waals surface area contributed by atoms with Crippen LogP contribution in [-0.2, 0) is 22.4 Å². The number of aliphatic hydroxyl groups is 1. The maximum Gasteiger partial charge on any atom is 0.254 e. The molecular weight excluding hydrogens is 500 g/mol. The van der Waals surface area contributed by atoms with Crippen LogP contribution in [0, 0.1) is 5.92 Å². The van der Waals surface area contributed by atoms with E-state index in [1.807, 2.05) is 56.3 Å². The molecular formula is C29H36N4O4S. The van der Waals surface area contributed by atoms with Crippen molar-refractivity contribution in [1.29, 1.82) is 0 Å². The first-order chi connectivity index (χ1) is 18.2. The summed E-state index contributed by atoms with van der Waals surface area (Å²) in [6, 6.07) is 13.5. The molecule has 0 bridgehead atoms. The molecule has 4 N–H and O–H groups in total. The molecule has 0 aromatic heterocycles. The van der Waals surface area contributed by atoms with E-state index in [9.17, 15) is 19.5 Å². The molecule has 3 aliphatic rings. The Morgan fingerprint density at radius 1 is 1.13 bits per heavy atom. The van der Waals surface area contributed by atoms with Crippen LogP contribution in [-0.4, -0.2) is 69.6 Å². The summed E-state index contributed by atoms with van der Waals surface area (Å²) in [6.07, 6.45) is 1.73. The Morgan fingerprint density at radius 2 is 1.89 bits per heavy atom. The molecule has 2 fully saturated rings. The lowest BCUT2D eigenvalue weighted by Crippen LogP contribution is -2.58. The first kappa shape index (κ1) is 26.6. The number of amides is 3. The third kappa shape index (κ3) is 5.68. The van der Waals surface area contributed by atoms with Crippen molar-refractivity contribution in [3.05, 3.63) is 65.2 Å². The molecule has 1 aliphatic carbocycles. The predicted octanol–water partition coefficient (Wildman–Crippen LogP) is 2.56. The van der Waals surface area contributed by atoms with Crippen molar-refractivity contribution in [2.75, 3.05) is 24.3 Å². The van der Waals surface area contributed by atoms with Gasteiger partial charge in [0.15, 0.2) is 6.10 Å². The Morgan fingerprint density at radius 3 is 2.63 bits per heavy atom. The number of carbonyl (C=O) groups is 3. The maximum atomic E-state index is 13.8. The minimum absolute atomic E-state index is 0.191. The van der Waals surface area contributed by atoms with Crippen molar-refractivity contribution < 1.29 is 19.5 Å². The highest BCUT2D eigenvalue weighted by Gasteiger charge is 2.50. The quantitative estimate of drug-likeness (QED) is 0.392. The predicted molar refractivity (Wildman–Crippen MR) is 149 cm³/mol. The summed E-state index contributed by atoms with van der Waals surface area (Å²) in [6.45, 7) is 5.28. The van der Waals surface area contributed by atoms with Crippen LogP contribution < -0.4 is 16.0 Å². The summed E-state index contributed by atoms with van der Waals surface area (Å²) in [5, 5.41) is 20.7. The van der Waals surface area contributed by atoms with Crippen molar-refractivity contribution in [1.82, 2.24) is 15.5 Å². The largest absolute Gasteiger partial charge is 0.384 e. The van der Waals surface area contributed by atoms with E-state index in [1.165, 1.54) is 16.7 Å². The number of fused-ring (bicyclic) bond motifs is 1. The summed E-state index contributed by atoms with van der Waals surface area (Å²) in [5.74, 6) is -0.243. The Balaban J connectivity index is 1.37. The fraction of sp³-hybridized carbons (Fsp3) is 0.483. The minimum atomic E-state index is -1.51. The van der Waals surface area contributed by atoms with Crippen LogP contribution in [0.5, 0.6) is 0 Å². The Kier molecular flexibility index (Phi) is 7.68. The molecule has 2 aliphatic heterocycles. The molecule has 2 aromatic carbocycles. The van der Waals surface area contributed by atoms with Gasteiger partial charge in [0.2, 0.25) is 5.91 Å². The number of rotatable bonds is 9. The van der Waals surface area contributed by atoms with E-state index in [2.05, 4.69) is 16.0 Å². The van der Waals surface area contributed by atoms with E-state index in [0.717, 1.165) is 42.6 Å². The number of nitrogens with zero attached hydrogens (tertiary/aromatic N) is 1. The van der Waals surface area contributed by atoms with E-state index in [0.29, 0.717) is 23.9 Å². The van der Waals surface area contributed by atoms with Gasteiger partial charge in [0.1, 0.15) is 6.04 Å². The first-order valence-corrected chi connectivity index (χ1v) is 14.3. The average molecular weight is 537 g/mol. The van der Waals surface area contributed by atoms with Crippen molar-refractivity contribution >= 4 is 35.2 Å². The van der Waals surface area contributed by atoms with Crippen LogP contribution in [0.2, 0.25) is 0 Å². The molecule has 0 spiro atoms. The lowest BCUT2D eigenvalue weighted by Gasteiger charge is -2.33. The van der Waals surface area contributed by atoms with Gasteiger partial charge in [0, 0.05) is 29.1 Å². The molecule has 3 amide bonds. The first-order valence-electron chi connectivity index (χ1n) is 13.4. The molecule has 2 heterocycles. The molecule has 0 radical (unpaired) electrons. The third-order valence-corrected chi connectivity index (χ3v) is 9.07. The summed E-state index contributed by atoms with van der Waals surface area (Å²) in [4.78, 5) is 41.9. The van der Waals surface area contributed by atoms with Crippen LogP contribution in [0.25, 0.3) is 0 Å². The van der Waals surface area contributed by atoms with Gasteiger partial charge in [-0.15, -0.1) is 11.8 Å². The van der Waals surface area contributed by atoms with Crippen molar-refractivity contribution in [2.45, 2.75) is 62.5 Å². The van der Waals surface area contributed by atoms with Gasteiger partial charge in [0.25, 0.3) is 11.8 Å². The van der Waals surface area contributed by atoms with Crippen LogP contribution in [0.3, 0.4) is 0 Å². The summed E-state index contributed by atoms with van der Waals surface area (Å²) < 4.78 is -0.501. The van der Waals surface area contributed by atoms with Gasteiger partial charge in [-0.25, -0.2) is 0 Å². The van der Waals surface area contributed by atoms with Gasteiger partial charge in [0.05, 0.1) is 11.9 Å². The molecule has 5 rings (SSSR count). The number of aliphatic hydroxyl groups excluding tert-OH is 1. The Bertz CT molecular complexity index is 1200. The van der Waals surface area contributed by atoms with Crippen LogP contribution in [0.1, 0.15) is 48.2 Å². The van der Waals surface area contributed by atoms with Gasteiger partial charge in [-0.3, -0.25) is 14.4 Å². The highest BCUT2D eigenvalue weighted by atomic mass is 32.2. The highest BCUT2D eigenvalue weighted by molar-refractivity contribution is 8.00. The number of carbonyl (C=O) groups excluding carboxylic acids is 3. The monoisotopic (exact) mass is 536 g/mol. The van der Waals surface area contributed by atoms with E-state index >= 15 is 0 Å². The van der Waals surface area contributed by atoms with Crippen LogP contribution >= 0.6 is 11.8 Å². The SMILES string of the molecule is CC1(C)SCN(C(=O)[C@@H](O)[C@H](Cc2ccccc2)NC(=O)c2cccc3c2CCN3)[C@@H]1C(=O)NCC1CC1. The van der Waals surface area contributed by atoms with E-state index < -0.39 is 28.8 Å². The van der Waals surface area contributed by atoms with Gasteiger partial charge in [-0.2, -0.15) is 0 Å². The summed E-state index contributed by atoms with van der Waals surface area (Å²) in [5.41, 5.74) is 3.31. The van der Waals surface area contributed by atoms with Crippen LogP contribution in [0.4, 0.5) is 5.69 Å². The second-order valence-electron chi connectivity index (χ2n) is 11.0. The fourth-order valence-corrected chi connectivity index (χ4v) is 6.47. The molecule has 38 heavy (non-hydrogen) atoms. The number of hydrogen-bond acceptors (Lipinski definition) is 6. The zero-order valence-electron chi connectivity index (χ0n) is 21.9. The van der Waals surface area contributed by atoms with Gasteiger partial charge >= 0.3 is 0 Å². The molecule has 202 valence electrons. The van der Waals surface area contributed by atoms with E-state index in [1.54, 1.807) is 6.07 Å². The Hall–Kier alpha value is -3.04. The number of anilines is 1. The molecule has 1 saturated heterocycles. The molecule has 9 heteroatoms. The fourth-order valence-electron chi connectivity index (χ4n) is 5.33. The number of thioether (sulfide) groups is 1. The third-order valence-electron chi connectivity index (χ3n) is 7.70. The number of benzene rings is 2. The minimum Gasteiger partial charge on any atom is -0.384 e. The van der Waals surface area contributed by atoms with Gasteiger partial charge in [-0.05, 0) is 68.7 Å². The molecule has 1 saturated carbocycles. The molecule has 8 nitrogen and oxygen atoms in total. The second-order valence-corrected chi connectivity index (χ2v) is 12.6. The lowest BCUT2D eigenvalue weighted by molar-refractivity contribution is -0.147. The van der Waals surface area contributed by atoms with Crippen molar-refractivity contribution in [3.63, 3.8) is 0 Å². The topological polar surface area (TPSA) is 111 Å². The lowest BCUT2D eigenvalue weighted by atomic mass is 9.96. The zero-order chi connectivity index (χ0) is 26.9. The van der Waals surface area contributed by atoms with E-state index in [4.69, 9.17) is 0 Å². The molecule has 0 unspecified atom stereocenters. The number of nitrogens with one attached hydrogen (secondary N) is 3. The summed E-state index contributed by atoms with van der Waals surface area (Å²) >= 11 is 1.52. The number of hydrogen-bond donors (Lipinski definition) is 4. The van der Waals surface area contributed by atoms with Crippen LogP contribution in [0.15, 0.2) is 48.5 Å². The van der Waals surface area contributed by atoms with E-state index in [-0.39, 0.29) is 18.2 Å². The normalized spacial score (nSPS) is 21.2. The average Bonchev–Trinajstić information content (AvgIpc) is 3.51. The molecule has 3 atom stereocenters. The highest BCUT2D eigenvalue weighted by Crippen LogP contribution is 2.40. The zero-order valence-corrected chi connectivity index (χ0v) is 22.7.